The average molecular weight is 519 g/mol. The Bertz CT molecular complexity index is 1390. The minimum Gasteiger partial charge on any atom is -0.443 e. The quantitative estimate of drug-likeness (QED) is 0.0706. The summed E-state index contributed by atoms with van der Waals surface area (Å²) >= 11 is 0. The van der Waals surface area contributed by atoms with Crippen molar-refractivity contribution in [3.05, 3.63) is 72.1 Å². The highest BCUT2D eigenvalue weighted by Gasteiger charge is 2.15. The van der Waals surface area contributed by atoms with Crippen LogP contribution in [0.2, 0.25) is 0 Å². The number of amides is 2. The van der Waals surface area contributed by atoms with Crippen LogP contribution in [-0.2, 0) is 41.5 Å². The van der Waals surface area contributed by atoms with Crippen molar-refractivity contribution in [2.75, 3.05) is 10.6 Å². The van der Waals surface area contributed by atoms with E-state index in [-0.39, 0.29) is 12.8 Å². The van der Waals surface area contributed by atoms with Gasteiger partial charge in [0.1, 0.15) is 0 Å². The maximum atomic E-state index is 12.1. The third kappa shape index (κ3) is 6.43. The number of aromatic nitrogens is 2. The lowest BCUT2D eigenvalue weighted by Crippen LogP contribution is -2.29. The highest BCUT2D eigenvalue weighted by Crippen LogP contribution is 2.24. The van der Waals surface area contributed by atoms with E-state index < -0.39 is 24.4 Å². The Labute approximate surface area is 216 Å². The summed E-state index contributed by atoms with van der Waals surface area (Å²) in [7, 11) is 0. The highest BCUT2D eigenvalue weighted by molar-refractivity contribution is 5.92. The first-order valence-corrected chi connectivity index (χ1v) is 11.6. The second kappa shape index (κ2) is 11.9. The maximum absolute atomic E-state index is 12.1. The van der Waals surface area contributed by atoms with E-state index in [4.69, 9.17) is 20.9 Å². The number of rotatable bonds is 12. The molecule has 2 amide bonds. The van der Waals surface area contributed by atoms with Crippen molar-refractivity contribution in [1.82, 2.24) is 9.97 Å². The molecule has 0 aliphatic rings. The molecule has 2 atom stereocenters. The molecular weight excluding hydrogens is 492 g/mol. The normalized spacial score (nSPS) is 12.8. The molecule has 196 valence electrons. The van der Waals surface area contributed by atoms with Gasteiger partial charge in [-0.2, -0.15) is 0 Å². The van der Waals surface area contributed by atoms with Gasteiger partial charge in [-0.05, 0) is 47.5 Å². The van der Waals surface area contributed by atoms with Gasteiger partial charge in [0.25, 0.3) is 0 Å². The van der Waals surface area contributed by atoms with Gasteiger partial charge in [-0.1, -0.05) is 0 Å². The van der Waals surface area contributed by atoms with Crippen LogP contribution in [0.5, 0.6) is 0 Å². The maximum Gasteiger partial charge on any atom is 0.332 e. The second-order valence-electron chi connectivity index (χ2n) is 8.37. The van der Waals surface area contributed by atoms with Gasteiger partial charge in [0, 0.05) is 70.6 Å². The van der Waals surface area contributed by atoms with Gasteiger partial charge >= 0.3 is 11.9 Å². The number of aromatic amines is 2. The van der Waals surface area contributed by atoms with Crippen LogP contribution in [0.15, 0.2) is 60.9 Å². The number of nitrogens with one attached hydrogen (secondary N) is 4. The van der Waals surface area contributed by atoms with Gasteiger partial charge in [-0.3, -0.25) is 21.1 Å². The molecule has 12 heteroatoms. The molecule has 2 aromatic heterocycles. The largest absolute Gasteiger partial charge is 0.443 e. The molecule has 0 aliphatic carbocycles. The van der Waals surface area contributed by atoms with Crippen LogP contribution < -0.4 is 22.1 Å². The molecule has 2 heterocycles. The molecule has 0 saturated carbocycles. The minimum atomic E-state index is -0.979. The number of nitrogens with two attached hydrogens (primary N) is 2. The molecule has 2 aromatic carbocycles. The third-order valence-electron chi connectivity index (χ3n) is 5.72. The number of benzene rings is 2. The van der Waals surface area contributed by atoms with Gasteiger partial charge in [-0.25, -0.2) is 9.59 Å². The van der Waals surface area contributed by atoms with Crippen molar-refractivity contribution in [2.24, 2.45) is 11.5 Å². The summed E-state index contributed by atoms with van der Waals surface area (Å²) in [6.45, 7) is 0. The molecule has 2 unspecified atom stereocenters. The molecule has 0 fully saturated rings. The van der Waals surface area contributed by atoms with E-state index in [1.807, 2.05) is 12.1 Å². The Kier molecular flexibility index (Phi) is 8.16. The number of H-pyrrole nitrogens is 2. The smallest absolute Gasteiger partial charge is 0.332 e. The molecule has 38 heavy (non-hydrogen) atoms. The van der Waals surface area contributed by atoms with Gasteiger partial charge in [-0.15, -0.1) is 0 Å². The third-order valence-corrected chi connectivity index (χ3v) is 5.72. The summed E-state index contributed by atoms with van der Waals surface area (Å²) < 4.78 is 10.3. The van der Waals surface area contributed by atoms with Gasteiger partial charge in [0.15, 0.2) is 12.5 Å². The fraction of sp³-hybridized carbons (Fsp3) is 0.154. The SMILES string of the molecule is NC(Cc1c[nH]c2ccc(NC=O)cc12)OC(=O)/C=C\C(=O)OC(N)Cc1c[nH]c2ccc(NC=O)cc12. The lowest BCUT2D eigenvalue weighted by molar-refractivity contribution is -0.145. The van der Waals surface area contributed by atoms with Crippen molar-refractivity contribution < 1.29 is 28.7 Å². The summed E-state index contributed by atoms with van der Waals surface area (Å²) in [6.07, 6.45) is 4.92. The van der Waals surface area contributed by atoms with E-state index in [9.17, 15) is 19.2 Å². The Morgan fingerprint density at radius 2 is 1.18 bits per heavy atom. The van der Waals surface area contributed by atoms with E-state index in [0.717, 1.165) is 45.1 Å². The Balaban J connectivity index is 1.28. The van der Waals surface area contributed by atoms with Gasteiger partial charge < -0.3 is 30.1 Å². The average Bonchev–Trinajstić information content (AvgIpc) is 3.46. The zero-order valence-corrected chi connectivity index (χ0v) is 20.1. The molecular formula is C26H26N6O6. The van der Waals surface area contributed by atoms with E-state index in [0.29, 0.717) is 24.2 Å². The number of ether oxygens (including phenoxy) is 2. The van der Waals surface area contributed by atoms with Crippen molar-refractivity contribution >= 4 is 57.9 Å². The van der Waals surface area contributed by atoms with E-state index >= 15 is 0 Å². The molecule has 12 nitrogen and oxygen atoms in total. The summed E-state index contributed by atoms with van der Waals surface area (Å²) in [5.41, 5.74) is 16.4. The standard InChI is InChI=1S/C26H26N6O6/c27-23(7-15-11-29-21-3-1-17(31-13-33)9-19(15)21)37-25(35)5-6-26(36)38-24(28)8-16-12-30-22-4-2-18(32-14-34)10-20(16)22/h1-6,9-14,23-24,29-30H,7-8,27-28H2,(H,31,33)(H,32,34)/b6-5-. The summed E-state index contributed by atoms with van der Waals surface area (Å²) in [4.78, 5) is 51.9. The van der Waals surface area contributed by atoms with E-state index in [1.165, 1.54) is 0 Å². The van der Waals surface area contributed by atoms with Crippen LogP contribution in [0, 0.1) is 0 Å². The summed E-state index contributed by atoms with van der Waals surface area (Å²) in [5, 5.41) is 6.81. The molecule has 0 aliphatic heterocycles. The first kappa shape index (κ1) is 26.1. The second-order valence-corrected chi connectivity index (χ2v) is 8.37. The molecule has 0 bridgehead atoms. The number of carbonyl (C=O) groups excluding carboxylic acids is 4. The first-order chi connectivity index (χ1) is 18.4. The van der Waals surface area contributed by atoms with Crippen molar-refractivity contribution in [3.8, 4) is 0 Å². The number of fused-ring (bicyclic) bond motifs is 2. The Morgan fingerprint density at radius 1 is 0.763 bits per heavy atom. The van der Waals surface area contributed by atoms with Crippen LogP contribution in [0.3, 0.4) is 0 Å². The van der Waals surface area contributed by atoms with Gasteiger partial charge in [0.05, 0.1) is 0 Å². The lowest BCUT2D eigenvalue weighted by Gasteiger charge is -2.12. The van der Waals surface area contributed by atoms with Crippen LogP contribution in [0.25, 0.3) is 21.8 Å². The fourth-order valence-electron chi connectivity index (χ4n) is 4.04. The number of hydrogen-bond acceptors (Lipinski definition) is 8. The fourth-order valence-corrected chi connectivity index (χ4v) is 4.04. The van der Waals surface area contributed by atoms with Crippen molar-refractivity contribution in [1.29, 1.82) is 0 Å². The lowest BCUT2D eigenvalue weighted by atomic mass is 10.1. The number of anilines is 2. The van der Waals surface area contributed by atoms with Crippen LogP contribution in [0.4, 0.5) is 11.4 Å². The summed E-state index contributed by atoms with van der Waals surface area (Å²) in [5.74, 6) is -1.64. The molecule has 0 saturated heterocycles. The zero-order valence-electron chi connectivity index (χ0n) is 20.1. The predicted octanol–water partition coefficient (Wildman–Crippen LogP) is 1.78. The zero-order chi connectivity index (χ0) is 27.1. The summed E-state index contributed by atoms with van der Waals surface area (Å²) in [6, 6.07) is 10.7. The molecule has 0 spiro atoms. The monoisotopic (exact) mass is 518 g/mol. The minimum absolute atomic E-state index is 0.203. The van der Waals surface area contributed by atoms with Crippen LogP contribution >= 0.6 is 0 Å². The molecule has 4 aromatic rings. The Hall–Kier alpha value is -4.94. The number of hydrogen-bond donors (Lipinski definition) is 6. The Morgan fingerprint density at radius 3 is 1.58 bits per heavy atom. The first-order valence-electron chi connectivity index (χ1n) is 11.6. The van der Waals surface area contributed by atoms with Crippen molar-refractivity contribution in [2.45, 2.75) is 25.3 Å². The van der Waals surface area contributed by atoms with E-state index in [1.54, 1.807) is 36.7 Å². The highest BCUT2D eigenvalue weighted by atomic mass is 16.6. The van der Waals surface area contributed by atoms with Gasteiger partial charge in [0.2, 0.25) is 12.8 Å². The van der Waals surface area contributed by atoms with Crippen molar-refractivity contribution in [3.63, 3.8) is 0 Å². The predicted molar refractivity (Wildman–Crippen MR) is 141 cm³/mol. The molecule has 8 N–H and O–H groups in total. The van der Waals surface area contributed by atoms with Crippen LogP contribution in [-0.4, -0.2) is 47.2 Å². The molecule has 4 rings (SSSR count). The molecule has 0 radical (unpaired) electrons. The van der Waals surface area contributed by atoms with Crippen LogP contribution in [0.1, 0.15) is 11.1 Å². The number of carbonyl (C=O) groups is 4. The van der Waals surface area contributed by atoms with E-state index in [2.05, 4.69) is 20.6 Å². The number of esters is 2. The topological polar surface area (TPSA) is 194 Å².